The Morgan fingerprint density at radius 3 is 1.91 bits per heavy atom. The van der Waals surface area contributed by atoms with Crippen molar-refractivity contribution in [2.45, 2.75) is 116 Å². The van der Waals surface area contributed by atoms with Crippen molar-refractivity contribution in [1.82, 2.24) is 4.98 Å². The molecule has 289 valence electrons. The molecule has 1 N–H and O–H groups in total. The Bertz CT molecular complexity index is 2040. The number of carbonyl (C=O) groups is 1. The zero-order valence-electron chi connectivity index (χ0n) is 35.0. The van der Waals surface area contributed by atoms with Gasteiger partial charge in [-0.05, 0) is 70.4 Å². The van der Waals surface area contributed by atoms with E-state index in [1.165, 1.54) is 48.3 Å². The van der Waals surface area contributed by atoms with Gasteiger partial charge in [0.15, 0.2) is 5.78 Å². The Kier molecular flexibility index (Phi) is 14.9. The number of thiophene rings is 1. The zero-order chi connectivity index (χ0) is 38.9. The predicted molar refractivity (Wildman–Crippen MR) is 228 cm³/mol. The molecule has 2 heterocycles. The fourth-order valence-electron chi connectivity index (χ4n) is 8.09. The second-order valence-corrected chi connectivity index (χ2v) is 19.5. The summed E-state index contributed by atoms with van der Waals surface area (Å²) in [6.45, 7) is 32.7. The number of fused-ring (bicyclic) bond motifs is 4. The van der Waals surface area contributed by atoms with Crippen LogP contribution in [0.4, 0.5) is 0 Å². The van der Waals surface area contributed by atoms with Crippen molar-refractivity contribution in [2.24, 2.45) is 40.9 Å². The average molecular weight is 911 g/mol. The van der Waals surface area contributed by atoms with Crippen LogP contribution in [0.15, 0.2) is 66.6 Å². The van der Waals surface area contributed by atoms with E-state index in [9.17, 15) is 9.90 Å². The third kappa shape index (κ3) is 10.5. The first-order chi connectivity index (χ1) is 24.1. The van der Waals surface area contributed by atoms with E-state index >= 15 is 0 Å². The summed E-state index contributed by atoms with van der Waals surface area (Å²) in [5.41, 5.74) is 6.64. The van der Waals surface area contributed by atoms with Gasteiger partial charge in [-0.2, -0.15) is 0 Å². The van der Waals surface area contributed by atoms with Gasteiger partial charge in [-0.1, -0.05) is 138 Å². The van der Waals surface area contributed by atoms with Gasteiger partial charge in [0.2, 0.25) is 0 Å². The normalized spacial score (nSPS) is 12.9. The molecular formula is C48H64IrNO2S-. The average Bonchev–Trinajstić information content (AvgIpc) is 3.40. The summed E-state index contributed by atoms with van der Waals surface area (Å²) >= 11 is 1.89. The number of ketones is 1. The smallest absolute Gasteiger partial charge is 0.162 e. The van der Waals surface area contributed by atoms with Crippen molar-refractivity contribution in [3.63, 3.8) is 0 Å². The first kappa shape index (κ1) is 44.5. The summed E-state index contributed by atoms with van der Waals surface area (Å²) in [4.78, 5) is 17.2. The van der Waals surface area contributed by atoms with E-state index in [0.29, 0.717) is 23.7 Å². The van der Waals surface area contributed by atoms with Crippen LogP contribution in [-0.4, -0.2) is 15.9 Å². The van der Waals surface area contributed by atoms with Gasteiger partial charge in [-0.3, -0.25) is 9.78 Å². The molecule has 0 bridgehead atoms. The van der Waals surface area contributed by atoms with Gasteiger partial charge in [-0.25, -0.2) is 0 Å². The first-order valence-electron chi connectivity index (χ1n) is 19.3. The molecule has 0 saturated carbocycles. The SMILES string of the molecule is CC(C)C(C(=O)/C=C(\O)C(C(C)C)C(C)C)C(C)C.Cc1c(CC(C)(C)C)ccc2c1sc1c(-c3[c-]c4ccccc4c(C(C)(C)C)c3)nccc12.[Ir]. The summed E-state index contributed by atoms with van der Waals surface area (Å²) in [6.07, 6.45) is 4.53. The first-order valence-corrected chi connectivity index (χ1v) is 20.1. The third-order valence-electron chi connectivity index (χ3n) is 10.3. The molecule has 5 rings (SSSR count). The van der Waals surface area contributed by atoms with Gasteiger partial charge in [0.25, 0.3) is 0 Å². The minimum absolute atomic E-state index is 0. The van der Waals surface area contributed by atoms with E-state index in [1.807, 2.05) is 17.5 Å². The predicted octanol–water partition coefficient (Wildman–Crippen LogP) is 14.1. The number of pyridine rings is 1. The molecule has 0 aliphatic heterocycles. The number of hydrogen-bond donors (Lipinski definition) is 1. The molecule has 5 aromatic rings. The minimum atomic E-state index is -0.0119. The molecule has 3 aromatic carbocycles. The van der Waals surface area contributed by atoms with Gasteiger partial charge in [0.1, 0.15) is 0 Å². The van der Waals surface area contributed by atoms with Gasteiger partial charge >= 0.3 is 0 Å². The number of allylic oxidation sites excluding steroid dienone is 2. The molecule has 0 fully saturated rings. The molecule has 53 heavy (non-hydrogen) atoms. The number of aryl methyl sites for hydroxylation is 1. The van der Waals surface area contributed by atoms with Crippen molar-refractivity contribution < 1.29 is 30.0 Å². The molecule has 3 nitrogen and oxygen atoms in total. The van der Waals surface area contributed by atoms with E-state index < -0.39 is 0 Å². The van der Waals surface area contributed by atoms with Crippen molar-refractivity contribution >= 4 is 48.1 Å². The maximum atomic E-state index is 12.3. The molecule has 0 saturated heterocycles. The van der Waals surface area contributed by atoms with Crippen LogP contribution < -0.4 is 0 Å². The topological polar surface area (TPSA) is 50.2 Å². The number of carbonyl (C=O) groups excluding carboxylic acids is 1. The van der Waals surface area contributed by atoms with Gasteiger partial charge in [0.05, 0.1) is 5.76 Å². The Hall–Kier alpha value is -2.85. The standard InChI is InChI=1S/C31H32NS.C17H32O2.Ir/c1-19-21(18-30(2,3)4)12-13-24-25-14-15-32-27(29(25)33-28(19)24)22-16-20-10-8-9-11-23(20)26(17-22)31(5,6)7;1-10(2)16(11(3)4)14(18)9-15(19)17(12(5)6)13(7)8;/h8-15,17H,18H2,1-7H3;9-13,16-18H,1-8H3;/q-1;;/b;14-9-;. The maximum absolute atomic E-state index is 12.3. The fraction of sp³-hybridized carbons (Fsp3) is 0.500. The number of aliphatic hydroxyl groups excluding tert-OH is 1. The molecule has 0 amide bonds. The molecular weight excluding hydrogens is 847 g/mol. The number of aliphatic hydroxyl groups is 1. The molecule has 5 heteroatoms. The van der Waals surface area contributed by atoms with E-state index in [-0.39, 0.29) is 54.3 Å². The van der Waals surface area contributed by atoms with Crippen LogP contribution in [0.1, 0.15) is 114 Å². The summed E-state index contributed by atoms with van der Waals surface area (Å²) in [5, 5.41) is 15.3. The molecule has 0 atom stereocenters. The van der Waals surface area contributed by atoms with Crippen LogP contribution in [0.25, 0.3) is 42.2 Å². The van der Waals surface area contributed by atoms with E-state index in [0.717, 1.165) is 23.1 Å². The van der Waals surface area contributed by atoms with E-state index in [1.54, 1.807) is 0 Å². The Morgan fingerprint density at radius 1 is 0.792 bits per heavy atom. The number of aromatic nitrogens is 1. The van der Waals surface area contributed by atoms with Gasteiger partial charge in [-0.15, -0.1) is 40.5 Å². The quantitative estimate of drug-likeness (QED) is 0.0911. The molecule has 0 aliphatic carbocycles. The number of nitrogens with zero attached hydrogens (tertiary/aromatic N) is 1. The largest absolute Gasteiger partial charge is 0.512 e. The van der Waals surface area contributed by atoms with E-state index in [2.05, 4.69) is 158 Å². The van der Waals surface area contributed by atoms with Crippen molar-refractivity contribution in [3.8, 4) is 11.3 Å². The summed E-state index contributed by atoms with van der Waals surface area (Å²) in [5.74, 6) is 1.63. The molecule has 0 unspecified atom stereocenters. The third-order valence-corrected chi connectivity index (χ3v) is 11.7. The zero-order valence-corrected chi connectivity index (χ0v) is 38.2. The van der Waals surface area contributed by atoms with Crippen LogP contribution in [-0.2, 0) is 36.7 Å². The summed E-state index contributed by atoms with van der Waals surface area (Å²) in [7, 11) is 0. The van der Waals surface area contributed by atoms with Crippen LogP contribution in [0.2, 0.25) is 0 Å². The second kappa shape index (κ2) is 17.7. The minimum Gasteiger partial charge on any atom is -0.512 e. The van der Waals surface area contributed by atoms with Gasteiger partial charge < -0.3 is 5.11 Å². The van der Waals surface area contributed by atoms with Crippen LogP contribution in [0.5, 0.6) is 0 Å². The van der Waals surface area contributed by atoms with Gasteiger partial charge in [0, 0.05) is 64.7 Å². The number of benzene rings is 3. The fourth-order valence-corrected chi connectivity index (χ4v) is 9.42. The summed E-state index contributed by atoms with van der Waals surface area (Å²) < 4.78 is 2.65. The van der Waals surface area contributed by atoms with Crippen molar-refractivity contribution in [2.75, 3.05) is 0 Å². The molecule has 1 radical (unpaired) electrons. The maximum Gasteiger partial charge on any atom is 0.162 e. The van der Waals surface area contributed by atoms with Crippen molar-refractivity contribution in [1.29, 1.82) is 0 Å². The Labute approximate surface area is 338 Å². The summed E-state index contributed by atoms with van der Waals surface area (Å²) in [6, 6.07) is 21.4. The van der Waals surface area contributed by atoms with Crippen LogP contribution in [0, 0.1) is 53.9 Å². The Morgan fingerprint density at radius 2 is 1.36 bits per heavy atom. The van der Waals surface area contributed by atoms with Crippen molar-refractivity contribution in [3.05, 3.63) is 89.3 Å². The number of hydrogen-bond acceptors (Lipinski definition) is 4. The van der Waals surface area contributed by atoms with Crippen LogP contribution >= 0.6 is 11.3 Å². The second-order valence-electron chi connectivity index (χ2n) is 18.5. The molecule has 0 spiro atoms. The monoisotopic (exact) mass is 911 g/mol. The van der Waals surface area contributed by atoms with Crippen LogP contribution in [0.3, 0.4) is 0 Å². The molecule has 0 aliphatic rings. The number of rotatable bonds is 9. The van der Waals surface area contributed by atoms with E-state index in [4.69, 9.17) is 4.98 Å². The molecule has 2 aromatic heterocycles. The Balaban J connectivity index is 0.000000327.